The first-order chi connectivity index (χ1) is 1.91. The fourth-order valence-electron chi connectivity index (χ4n) is 0. The van der Waals surface area contributed by atoms with Crippen molar-refractivity contribution in [3.05, 3.63) is 0 Å². The zero-order chi connectivity index (χ0) is 3.41. The molecular formula is C2HBO. The lowest BCUT2D eigenvalue weighted by atomic mass is 10.2. The minimum absolute atomic E-state index is 1.46. The second kappa shape index (κ2) is 2.42. The summed E-state index contributed by atoms with van der Waals surface area (Å²) in [6.07, 6.45) is 1.46. The SMILES string of the molecule is [B]C#CO. The highest BCUT2D eigenvalue weighted by Crippen LogP contribution is 1.22. The third kappa shape index (κ3) is 1.42. The van der Waals surface area contributed by atoms with Gasteiger partial charge in [-0.1, -0.05) is 0 Å². The van der Waals surface area contributed by atoms with Crippen LogP contribution in [0, 0.1) is 11.9 Å². The standard InChI is InChI=1S/C2HBO/c3-1-2-4/h4H. The minimum Gasteiger partial charge on any atom is -0.463 e. The first kappa shape index (κ1) is 3.42. The van der Waals surface area contributed by atoms with Crippen molar-refractivity contribution < 1.29 is 5.11 Å². The molecule has 0 aromatic heterocycles. The van der Waals surface area contributed by atoms with Crippen LogP contribution in [-0.4, -0.2) is 13.0 Å². The van der Waals surface area contributed by atoms with Crippen LogP contribution in [0.15, 0.2) is 0 Å². The number of aliphatic hydroxyl groups is 1. The predicted molar refractivity (Wildman–Crippen MR) is 15.5 cm³/mol. The molecular weight excluding hydrogens is 50.8 g/mol. The first-order valence-corrected chi connectivity index (χ1v) is 0.762. The van der Waals surface area contributed by atoms with Crippen molar-refractivity contribution in [1.82, 2.24) is 0 Å². The van der Waals surface area contributed by atoms with Gasteiger partial charge in [0.1, 0.15) is 0 Å². The normalized spacial score (nSPS) is 3.00. The topological polar surface area (TPSA) is 20.2 Å². The van der Waals surface area contributed by atoms with E-state index in [2.05, 4.69) is 7.85 Å². The zero-order valence-electron chi connectivity index (χ0n) is 2.02. The molecule has 2 radical (unpaired) electrons. The van der Waals surface area contributed by atoms with Crippen molar-refractivity contribution >= 4 is 7.85 Å². The van der Waals surface area contributed by atoms with E-state index in [4.69, 9.17) is 5.11 Å². The average molecular weight is 51.8 g/mol. The van der Waals surface area contributed by atoms with Crippen molar-refractivity contribution in [2.24, 2.45) is 0 Å². The van der Waals surface area contributed by atoms with Crippen molar-refractivity contribution in [3.63, 3.8) is 0 Å². The Morgan fingerprint density at radius 2 is 2.00 bits per heavy atom. The fourth-order valence-corrected chi connectivity index (χ4v) is 0. The van der Waals surface area contributed by atoms with E-state index in [1.165, 1.54) is 6.11 Å². The van der Waals surface area contributed by atoms with Gasteiger partial charge in [0.15, 0.2) is 7.85 Å². The molecule has 0 heterocycles. The zero-order valence-corrected chi connectivity index (χ0v) is 2.02. The third-order valence-electron chi connectivity index (χ3n) is 0.0645. The van der Waals surface area contributed by atoms with E-state index in [-0.39, 0.29) is 0 Å². The molecule has 1 N–H and O–H groups in total. The summed E-state index contributed by atoms with van der Waals surface area (Å²) in [4.78, 5) is 0. The van der Waals surface area contributed by atoms with E-state index in [0.29, 0.717) is 0 Å². The van der Waals surface area contributed by atoms with Gasteiger partial charge in [0.2, 0.25) is 0 Å². The Balaban J connectivity index is 2.83. The number of rotatable bonds is 0. The summed E-state index contributed by atoms with van der Waals surface area (Å²) in [6.45, 7) is 0. The van der Waals surface area contributed by atoms with Crippen molar-refractivity contribution in [2.75, 3.05) is 0 Å². The molecule has 0 aliphatic carbocycles. The van der Waals surface area contributed by atoms with Crippen LogP contribution >= 0.6 is 0 Å². The summed E-state index contributed by atoms with van der Waals surface area (Å²) >= 11 is 0. The van der Waals surface area contributed by atoms with E-state index in [1.54, 1.807) is 5.82 Å². The molecule has 0 amide bonds. The van der Waals surface area contributed by atoms with Gasteiger partial charge >= 0.3 is 0 Å². The van der Waals surface area contributed by atoms with E-state index in [1.807, 2.05) is 0 Å². The lowest BCUT2D eigenvalue weighted by molar-refractivity contribution is 0.518. The smallest absolute Gasteiger partial charge is 0.192 e. The van der Waals surface area contributed by atoms with Gasteiger partial charge in [-0.3, -0.25) is 0 Å². The Labute approximate surface area is 26.0 Å². The van der Waals surface area contributed by atoms with Gasteiger partial charge in [0.05, 0.1) is 6.11 Å². The molecule has 18 valence electrons. The highest BCUT2D eigenvalue weighted by molar-refractivity contribution is 6.21. The van der Waals surface area contributed by atoms with E-state index >= 15 is 0 Å². The van der Waals surface area contributed by atoms with Crippen molar-refractivity contribution in [1.29, 1.82) is 0 Å². The molecule has 0 atom stereocenters. The maximum absolute atomic E-state index is 7.39. The predicted octanol–water partition coefficient (Wildman–Crippen LogP) is -0.554. The molecule has 0 saturated heterocycles. The molecule has 0 aromatic carbocycles. The van der Waals surface area contributed by atoms with Gasteiger partial charge in [-0.2, -0.15) is 0 Å². The van der Waals surface area contributed by atoms with E-state index < -0.39 is 0 Å². The molecule has 1 nitrogen and oxygen atoms in total. The van der Waals surface area contributed by atoms with Gasteiger partial charge in [-0.25, -0.2) is 0 Å². The number of aliphatic hydroxyl groups excluding tert-OH is 1. The molecule has 0 saturated carbocycles. The monoisotopic (exact) mass is 52.0 g/mol. The molecule has 0 spiro atoms. The van der Waals surface area contributed by atoms with Gasteiger partial charge in [0.25, 0.3) is 0 Å². The number of hydrogen-bond donors (Lipinski definition) is 1. The Kier molecular flexibility index (Phi) is 2.08. The van der Waals surface area contributed by atoms with Crippen LogP contribution in [0.3, 0.4) is 0 Å². The van der Waals surface area contributed by atoms with Crippen LogP contribution in [0.5, 0.6) is 0 Å². The van der Waals surface area contributed by atoms with E-state index in [0.717, 1.165) is 0 Å². The molecule has 0 bridgehead atoms. The summed E-state index contributed by atoms with van der Waals surface area (Å²) in [5.41, 5.74) is 0. The largest absolute Gasteiger partial charge is 0.463 e. The summed E-state index contributed by atoms with van der Waals surface area (Å²) in [6, 6.07) is 0. The van der Waals surface area contributed by atoms with Crippen LogP contribution in [0.25, 0.3) is 0 Å². The van der Waals surface area contributed by atoms with Gasteiger partial charge in [0, 0.05) is 0 Å². The first-order valence-electron chi connectivity index (χ1n) is 0.762. The highest BCUT2D eigenvalue weighted by Gasteiger charge is 1.30. The summed E-state index contributed by atoms with van der Waals surface area (Å²) < 4.78 is 0. The Morgan fingerprint density at radius 3 is 2.00 bits per heavy atom. The Bertz CT molecular complexity index is 42.8. The molecule has 0 aromatic rings. The Morgan fingerprint density at radius 1 is 1.75 bits per heavy atom. The van der Waals surface area contributed by atoms with E-state index in [9.17, 15) is 0 Å². The lowest BCUT2D eigenvalue weighted by Crippen LogP contribution is -1.46. The lowest BCUT2D eigenvalue weighted by Gasteiger charge is -1.43. The quantitative estimate of drug-likeness (QED) is 0.289. The maximum Gasteiger partial charge on any atom is 0.192 e. The second-order valence-corrected chi connectivity index (χ2v) is 0.256. The van der Waals surface area contributed by atoms with Gasteiger partial charge in [-0.05, 0) is 0 Å². The molecule has 0 aliphatic heterocycles. The average Bonchev–Trinajstić information content (AvgIpc) is 1.37. The fraction of sp³-hybridized carbons (Fsp3) is 0. The Hall–Kier alpha value is -0.575. The van der Waals surface area contributed by atoms with Crippen LogP contribution in [-0.2, 0) is 0 Å². The number of hydrogen-bond acceptors (Lipinski definition) is 1. The molecule has 0 rings (SSSR count). The minimum atomic E-state index is 1.46. The van der Waals surface area contributed by atoms with Crippen molar-refractivity contribution in [2.45, 2.75) is 0 Å². The summed E-state index contributed by atoms with van der Waals surface area (Å²) in [7, 11) is 4.42. The van der Waals surface area contributed by atoms with Crippen LogP contribution in [0.2, 0.25) is 0 Å². The molecule has 0 unspecified atom stereocenters. The molecule has 0 fully saturated rings. The molecule has 4 heavy (non-hydrogen) atoms. The summed E-state index contributed by atoms with van der Waals surface area (Å²) in [5.74, 6) is 1.74. The second-order valence-electron chi connectivity index (χ2n) is 0.256. The summed E-state index contributed by atoms with van der Waals surface area (Å²) in [5, 5.41) is 7.39. The van der Waals surface area contributed by atoms with Gasteiger partial charge < -0.3 is 5.11 Å². The van der Waals surface area contributed by atoms with Crippen LogP contribution in [0.4, 0.5) is 0 Å². The third-order valence-corrected chi connectivity index (χ3v) is 0.0645. The highest BCUT2D eigenvalue weighted by atomic mass is 16.2. The molecule has 0 aliphatic rings. The van der Waals surface area contributed by atoms with Crippen LogP contribution in [0.1, 0.15) is 0 Å². The molecule has 2 heteroatoms. The van der Waals surface area contributed by atoms with Gasteiger partial charge in [-0.15, -0.1) is 5.82 Å². The van der Waals surface area contributed by atoms with Crippen molar-refractivity contribution in [3.8, 4) is 11.9 Å². The van der Waals surface area contributed by atoms with Crippen LogP contribution < -0.4 is 0 Å². The maximum atomic E-state index is 7.39.